The second kappa shape index (κ2) is 8.05. The first kappa shape index (κ1) is 19.3. The van der Waals surface area contributed by atoms with Crippen LogP contribution in [0, 0.1) is 13.8 Å². The lowest BCUT2D eigenvalue weighted by Gasteiger charge is -2.06. The number of aromatic nitrogens is 4. The van der Waals surface area contributed by atoms with Gasteiger partial charge in [0.1, 0.15) is 11.7 Å². The van der Waals surface area contributed by atoms with Crippen molar-refractivity contribution in [2.75, 3.05) is 11.9 Å². The number of hydrogen-bond acceptors (Lipinski definition) is 6. The summed E-state index contributed by atoms with van der Waals surface area (Å²) >= 11 is 4.68. The number of halogens is 1. The molecule has 3 rings (SSSR count). The molecule has 3 heterocycles. The zero-order valence-electron chi connectivity index (χ0n) is 15.0. The predicted molar refractivity (Wildman–Crippen MR) is 105 cm³/mol. The van der Waals surface area contributed by atoms with Crippen LogP contribution in [0.3, 0.4) is 0 Å². The van der Waals surface area contributed by atoms with E-state index in [9.17, 15) is 9.59 Å². The zero-order valence-corrected chi connectivity index (χ0v) is 17.4. The average molecular weight is 452 g/mol. The first-order chi connectivity index (χ1) is 12.9. The first-order valence-corrected chi connectivity index (χ1v) is 9.79. The van der Waals surface area contributed by atoms with Crippen LogP contribution in [0.4, 0.5) is 5.00 Å². The van der Waals surface area contributed by atoms with Crippen LogP contribution in [0.25, 0.3) is 0 Å². The molecule has 142 valence electrons. The monoisotopic (exact) mass is 451 g/mol. The summed E-state index contributed by atoms with van der Waals surface area (Å²) in [7, 11) is 0. The minimum atomic E-state index is -0.440. The van der Waals surface area contributed by atoms with Gasteiger partial charge in [-0.25, -0.2) is 9.48 Å². The van der Waals surface area contributed by atoms with E-state index in [0.29, 0.717) is 17.2 Å². The molecule has 0 aliphatic carbocycles. The van der Waals surface area contributed by atoms with Gasteiger partial charge in [-0.1, -0.05) is 0 Å². The van der Waals surface area contributed by atoms with Gasteiger partial charge in [0.2, 0.25) is 0 Å². The largest absolute Gasteiger partial charge is 0.462 e. The van der Waals surface area contributed by atoms with Gasteiger partial charge in [-0.05, 0) is 48.3 Å². The van der Waals surface area contributed by atoms with Crippen molar-refractivity contribution in [1.82, 2.24) is 19.6 Å². The Morgan fingerprint density at radius 3 is 2.78 bits per heavy atom. The molecule has 0 saturated heterocycles. The Balaban J connectivity index is 1.76. The Labute approximate surface area is 168 Å². The smallest absolute Gasteiger partial charge is 0.341 e. The fraction of sp³-hybridized carbons (Fsp3) is 0.294. The van der Waals surface area contributed by atoms with Crippen LogP contribution in [-0.4, -0.2) is 38.0 Å². The van der Waals surface area contributed by atoms with E-state index in [1.54, 1.807) is 34.7 Å². The highest BCUT2D eigenvalue weighted by Gasteiger charge is 2.23. The number of esters is 1. The van der Waals surface area contributed by atoms with Crippen molar-refractivity contribution in [3.8, 4) is 0 Å². The molecule has 0 spiro atoms. The number of nitrogens with one attached hydrogen (secondary N) is 1. The molecule has 27 heavy (non-hydrogen) atoms. The molecular weight excluding hydrogens is 434 g/mol. The molecule has 3 aromatic rings. The molecule has 0 saturated carbocycles. The van der Waals surface area contributed by atoms with E-state index >= 15 is 0 Å². The van der Waals surface area contributed by atoms with Gasteiger partial charge in [0, 0.05) is 17.3 Å². The topological polar surface area (TPSA) is 91.0 Å². The van der Waals surface area contributed by atoms with E-state index in [-0.39, 0.29) is 18.2 Å². The number of carbonyl (C=O) groups excluding carboxylic acids is 2. The fourth-order valence-corrected chi connectivity index (χ4v) is 3.83. The van der Waals surface area contributed by atoms with E-state index < -0.39 is 5.97 Å². The van der Waals surface area contributed by atoms with Gasteiger partial charge in [-0.3, -0.25) is 9.48 Å². The van der Waals surface area contributed by atoms with E-state index in [0.717, 1.165) is 14.9 Å². The third kappa shape index (κ3) is 4.28. The number of anilines is 1. The third-order valence-corrected chi connectivity index (χ3v) is 5.39. The van der Waals surface area contributed by atoms with E-state index in [4.69, 9.17) is 4.74 Å². The number of rotatable bonds is 6. The number of amides is 1. The Bertz CT molecular complexity index is 991. The lowest BCUT2D eigenvalue weighted by atomic mass is 10.1. The number of ether oxygens (including phenoxy) is 1. The second-order valence-corrected chi connectivity index (χ2v) is 7.88. The quantitative estimate of drug-likeness (QED) is 0.579. The summed E-state index contributed by atoms with van der Waals surface area (Å²) in [5, 5.41) is 11.7. The Hall–Kier alpha value is -2.46. The molecule has 0 fully saturated rings. The highest BCUT2D eigenvalue weighted by Crippen LogP contribution is 2.33. The molecule has 10 heteroatoms. The van der Waals surface area contributed by atoms with Gasteiger partial charge >= 0.3 is 5.97 Å². The lowest BCUT2D eigenvalue weighted by Crippen LogP contribution is -2.16. The van der Waals surface area contributed by atoms with Crippen molar-refractivity contribution in [2.45, 2.75) is 27.4 Å². The van der Waals surface area contributed by atoms with Crippen molar-refractivity contribution in [3.05, 3.63) is 50.8 Å². The Morgan fingerprint density at radius 1 is 1.33 bits per heavy atom. The van der Waals surface area contributed by atoms with E-state index in [1.807, 2.05) is 20.0 Å². The van der Waals surface area contributed by atoms with Crippen LogP contribution >= 0.6 is 27.3 Å². The maximum absolute atomic E-state index is 12.6. The van der Waals surface area contributed by atoms with Crippen LogP contribution < -0.4 is 5.32 Å². The third-order valence-electron chi connectivity index (χ3n) is 3.86. The summed E-state index contributed by atoms with van der Waals surface area (Å²) in [5.74, 6) is -0.827. The van der Waals surface area contributed by atoms with Crippen LogP contribution in [0.5, 0.6) is 0 Å². The van der Waals surface area contributed by atoms with Crippen molar-refractivity contribution in [1.29, 1.82) is 0 Å². The summed E-state index contributed by atoms with van der Waals surface area (Å²) < 4.78 is 9.26. The van der Waals surface area contributed by atoms with E-state index in [1.165, 1.54) is 11.3 Å². The SMILES string of the molecule is CCOC(=O)c1c(NC(=O)c2ccn(Cn3cc(Br)cn3)n2)sc(C)c1C. The van der Waals surface area contributed by atoms with Gasteiger partial charge in [0.15, 0.2) is 5.69 Å². The predicted octanol–water partition coefficient (Wildman–Crippen LogP) is 3.46. The van der Waals surface area contributed by atoms with Gasteiger partial charge in [-0.15, -0.1) is 11.3 Å². The number of nitrogens with zero attached hydrogens (tertiary/aromatic N) is 4. The number of aryl methyl sites for hydroxylation is 1. The van der Waals surface area contributed by atoms with Crippen molar-refractivity contribution < 1.29 is 14.3 Å². The molecule has 0 atom stereocenters. The summed E-state index contributed by atoms with van der Waals surface area (Å²) in [6.45, 7) is 6.13. The summed E-state index contributed by atoms with van der Waals surface area (Å²) in [6, 6.07) is 1.62. The van der Waals surface area contributed by atoms with Gasteiger partial charge in [0.05, 0.1) is 22.8 Å². The highest BCUT2D eigenvalue weighted by atomic mass is 79.9. The summed E-state index contributed by atoms with van der Waals surface area (Å²) in [4.78, 5) is 25.7. The van der Waals surface area contributed by atoms with Crippen LogP contribution in [0.15, 0.2) is 29.1 Å². The van der Waals surface area contributed by atoms with Crippen molar-refractivity contribution in [2.24, 2.45) is 0 Å². The Morgan fingerprint density at radius 2 is 2.11 bits per heavy atom. The first-order valence-electron chi connectivity index (χ1n) is 8.19. The summed E-state index contributed by atoms with van der Waals surface area (Å²) in [6.07, 6.45) is 5.18. The molecule has 8 nitrogen and oxygen atoms in total. The molecule has 1 N–H and O–H groups in total. The molecule has 0 aliphatic heterocycles. The Kier molecular flexibility index (Phi) is 5.76. The van der Waals surface area contributed by atoms with Gasteiger partial charge in [-0.2, -0.15) is 10.2 Å². The molecular formula is C17H18BrN5O3S. The lowest BCUT2D eigenvalue weighted by molar-refractivity contribution is 0.0527. The molecule has 0 radical (unpaired) electrons. The minimum Gasteiger partial charge on any atom is -0.462 e. The number of thiophene rings is 1. The minimum absolute atomic E-state index is 0.250. The maximum atomic E-state index is 12.6. The zero-order chi connectivity index (χ0) is 19.6. The van der Waals surface area contributed by atoms with Crippen molar-refractivity contribution in [3.63, 3.8) is 0 Å². The average Bonchev–Trinajstić information content (AvgIpc) is 3.30. The fourth-order valence-electron chi connectivity index (χ4n) is 2.46. The van der Waals surface area contributed by atoms with Crippen LogP contribution in [-0.2, 0) is 11.4 Å². The molecule has 0 aromatic carbocycles. The molecule has 1 amide bonds. The number of carbonyl (C=O) groups is 2. The van der Waals surface area contributed by atoms with Gasteiger partial charge < -0.3 is 10.1 Å². The normalized spacial score (nSPS) is 10.8. The van der Waals surface area contributed by atoms with Crippen LogP contribution in [0.1, 0.15) is 38.2 Å². The molecule has 0 bridgehead atoms. The van der Waals surface area contributed by atoms with Gasteiger partial charge in [0.25, 0.3) is 5.91 Å². The molecule has 0 unspecified atom stereocenters. The maximum Gasteiger partial charge on any atom is 0.341 e. The second-order valence-electron chi connectivity index (χ2n) is 5.74. The number of hydrogen-bond donors (Lipinski definition) is 1. The highest BCUT2D eigenvalue weighted by molar-refractivity contribution is 9.10. The molecule has 3 aromatic heterocycles. The standard InChI is InChI=1S/C17H18BrN5O3S/c1-4-26-17(25)14-10(2)11(3)27-16(14)20-15(24)13-5-6-22(21-13)9-23-8-12(18)7-19-23/h5-8H,4,9H2,1-3H3,(H,20,24). The van der Waals surface area contributed by atoms with Crippen molar-refractivity contribution >= 4 is 44.1 Å². The molecule has 0 aliphatic rings. The van der Waals surface area contributed by atoms with Crippen LogP contribution in [0.2, 0.25) is 0 Å². The van der Waals surface area contributed by atoms with E-state index in [2.05, 4.69) is 31.4 Å². The summed E-state index contributed by atoms with van der Waals surface area (Å²) in [5.41, 5.74) is 1.46.